The summed E-state index contributed by atoms with van der Waals surface area (Å²) < 4.78 is 36.0. The predicted molar refractivity (Wildman–Crippen MR) is 46.0 cm³/mol. The molecule has 0 aromatic carbocycles. The van der Waals surface area contributed by atoms with Crippen molar-refractivity contribution in [2.45, 2.75) is 32.5 Å². The summed E-state index contributed by atoms with van der Waals surface area (Å²) in [5.41, 5.74) is 1.98. The topological polar surface area (TPSA) is 36.0 Å². The molecule has 1 aromatic heterocycles. The normalized spacial score (nSPS) is 14.4. The molecular weight excluding hydrogens is 195 g/mol. The Morgan fingerprint density at radius 3 is 2.36 bits per heavy atom. The first-order valence-corrected chi connectivity index (χ1v) is 4.20. The van der Waals surface area contributed by atoms with E-state index in [1.807, 2.05) is 0 Å². The van der Waals surface area contributed by atoms with E-state index < -0.39 is 12.3 Å². The van der Waals surface area contributed by atoms with Crippen molar-refractivity contribution in [1.29, 1.82) is 0 Å². The van der Waals surface area contributed by atoms with E-state index >= 15 is 0 Å². The maximum Gasteiger partial charge on any atom is 0.414 e. The average molecular weight is 207 g/mol. The molecule has 0 saturated carbocycles. The minimum absolute atomic E-state index is 0.389. The molecule has 1 atom stereocenters. The van der Waals surface area contributed by atoms with Crippen molar-refractivity contribution in [2.75, 3.05) is 0 Å². The predicted octanol–water partition coefficient (Wildman–Crippen LogP) is 2.10. The highest BCUT2D eigenvalue weighted by Gasteiger charge is 2.38. The first kappa shape index (κ1) is 11.1. The number of rotatable bonds is 2. The van der Waals surface area contributed by atoms with E-state index in [1.165, 1.54) is 0 Å². The van der Waals surface area contributed by atoms with Gasteiger partial charge in [-0.15, -0.1) is 0 Å². The number of hydrogen-bond donors (Lipinski definition) is 2. The Morgan fingerprint density at radius 2 is 2.00 bits per heavy atom. The summed E-state index contributed by atoms with van der Waals surface area (Å²) in [6.45, 7) is 3.45. The molecule has 80 valence electrons. The van der Waals surface area contributed by atoms with E-state index in [0.717, 1.165) is 5.69 Å². The van der Waals surface area contributed by atoms with Crippen LogP contribution in [-0.2, 0) is 6.42 Å². The minimum Gasteiger partial charge on any atom is -0.383 e. The van der Waals surface area contributed by atoms with Gasteiger partial charge in [-0.2, -0.15) is 13.2 Å². The number of nitrogens with one attached hydrogen (secondary N) is 1. The van der Waals surface area contributed by atoms with E-state index in [1.54, 1.807) is 19.9 Å². The first-order chi connectivity index (χ1) is 6.30. The van der Waals surface area contributed by atoms with Crippen LogP contribution in [0.1, 0.15) is 17.0 Å². The highest BCUT2D eigenvalue weighted by Crippen LogP contribution is 2.24. The van der Waals surface area contributed by atoms with E-state index in [0.29, 0.717) is 11.3 Å². The van der Waals surface area contributed by atoms with Gasteiger partial charge in [-0.05, 0) is 25.5 Å². The van der Waals surface area contributed by atoms with Gasteiger partial charge in [0.1, 0.15) is 0 Å². The Labute approximate surface area is 79.8 Å². The van der Waals surface area contributed by atoms with Crippen molar-refractivity contribution in [3.8, 4) is 0 Å². The van der Waals surface area contributed by atoms with E-state index in [2.05, 4.69) is 4.98 Å². The van der Waals surface area contributed by atoms with Gasteiger partial charge in [-0.25, -0.2) is 0 Å². The molecule has 0 amide bonds. The number of aryl methyl sites for hydroxylation is 2. The smallest absolute Gasteiger partial charge is 0.383 e. The molecule has 0 aliphatic heterocycles. The summed E-state index contributed by atoms with van der Waals surface area (Å²) in [6.07, 6.45) is -7.21. The number of aliphatic hydroxyl groups excluding tert-OH is 1. The number of aliphatic hydroxyl groups is 1. The van der Waals surface area contributed by atoms with Crippen molar-refractivity contribution in [3.05, 3.63) is 23.0 Å². The van der Waals surface area contributed by atoms with Gasteiger partial charge >= 0.3 is 6.18 Å². The standard InChI is InChI=1S/C9H12F3NO/c1-5-3-7(6(2)13-5)4-8(14)9(10,11)12/h3,8,13-14H,4H2,1-2H3. The fourth-order valence-corrected chi connectivity index (χ4v) is 1.32. The largest absolute Gasteiger partial charge is 0.414 e. The number of aromatic nitrogens is 1. The Hall–Kier alpha value is -0.970. The molecule has 1 unspecified atom stereocenters. The second kappa shape index (κ2) is 3.65. The van der Waals surface area contributed by atoms with Gasteiger partial charge in [-0.3, -0.25) is 0 Å². The quantitative estimate of drug-likeness (QED) is 0.765. The van der Waals surface area contributed by atoms with Crippen LogP contribution in [0.5, 0.6) is 0 Å². The van der Waals surface area contributed by atoms with Crippen molar-refractivity contribution in [1.82, 2.24) is 4.98 Å². The molecule has 0 aliphatic rings. The third-order valence-corrected chi connectivity index (χ3v) is 2.05. The highest BCUT2D eigenvalue weighted by molar-refractivity contribution is 5.25. The number of hydrogen-bond acceptors (Lipinski definition) is 1. The minimum atomic E-state index is -4.54. The fraction of sp³-hybridized carbons (Fsp3) is 0.556. The maximum absolute atomic E-state index is 12.0. The molecule has 0 aliphatic carbocycles. The monoisotopic (exact) mass is 207 g/mol. The zero-order valence-electron chi connectivity index (χ0n) is 7.94. The molecule has 2 N–H and O–H groups in total. The molecule has 0 fully saturated rings. The molecule has 1 rings (SSSR count). The van der Waals surface area contributed by atoms with Crippen molar-refractivity contribution < 1.29 is 18.3 Å². The Bertz CT molecular complexity index is 316. The van der Waals surface area contributed by atoms with Crippen molar-refractivity contribution in [3.63, 3.8) is 0 Å². The summed E-state index contributed by atoms with van der Waals surface area (Å²) in [7, 11) is 0. The summed E-state index contributed by atoms with van der Waals surface area (Å²) in [5, 5.41) is 8.83. The maximum atomic E-state index is 12.0. The summed E-state index contributed by atoms with van der Waals surface area (Å²) >= 11 is 0. The third kappa shape index (κ3) is 2.51. The molecule has 0 saturated heterocycles. The third-order valence-electron chi connectivity index (χ3n) is 2.05. The summed E-state index contributed by atoms with van der Waals surface area (Å²) in [6, 6.07) is 1.62. The van der Waals surface area contributed by atoms with Crippen molar-refractivity contribution in [2.24, 2.45) is 0 Å². The molecule has 1 aromatic rings. The molecule has 1 heterocycles. The van der Waals surface area contributed by atoms with Crippen molar-refractivity contribution >= 4 is 0 Å². The number of alkyl halides is 3. The van der Waals surface area contributed by atoms with Gasteiger partial charge in [-0.1, -0.05) is 0 Å². The lowest BCUT2D eigenvalue weighted by molar-refractivity contribution is -0.203. The highest BCUT2D eigenvalue weighted by atomic mass is 19.4. The molecule has 0 bridgehead atoms. The molecule has 5 heteroatoms. The zero-order valence-corrected chi connectivity index (χ0v) is 7.94. The van der Waals surface area contributed by atoms with Crippen LogP contribution in [0.4, 0.5) is 13.2 Å². The van der Waals surface area contributed by atoms with Crippen LogP contribution in [0.2, 0.25) is 0 Å². The first-order valence-electron chi connectivity index (χ1n) is 4.20. The molecule has 0 spiro atoms. The zero-order chi connectivity index (χ0) is 10.9. The van der Waals surface area contributed by atoms with Crippen LogP contribution in [0.3, 0.4) is 0 Å². The summed E-state index contributed by atoms with van der Waals surface area (Å²) in [4.78, 5) is 2.89. The van der Waals surface area contributed by atoms with Gasteiger partial charge < -0.3 is 10.1 Å². The van der Waals surface area contributed by atoms with Gasteiger partial charge in [0.2, 0.25) is 0 Å². The fourth-order valence-electron chi connectivity index (χ4n) is 1.32. The van der Waals surface area contributed by atoms with E-state index in [4.69, 9.17) is 5.11 Å². The van der Waals surface area contributed by atoms with Gasteiger partial charge in [0.15, 0.2) is 6.10 Å². The lowest BCUT2D eigenvalue weighted by Crippen LogP contribution is -2.30. The molecule has 14 heavy (non-hydrogen) atoms. The van der Waals surface area contributed by atoms with Crippen LogP contribution >= 0.6 is 0 Å². The SMILES string of the molecule is Cc1cc(CC(O)C(F)(F)F)c(C)[nH]1. The van der Waals surface area contributed by atoms with E-state index in [9.17, 15) is 13.2 Å². The second-order valence-corrected chi connectivity index (χ2v) is 3.36. The Kier molecular flexibility index (Phi) is 2.89. The van der Waals surface area contributed by atoms with Crippen LogP contribution in [0.15, 0.2) is 6.07 Å². The molecule has 0 radical (unpaired) electrons. The Balaban J connectivity index is 2.74. The number of aromatic amines is 1. The number of H-pyrrole nitrogens is 1. The lowest BCUT2D eigenvalue weighted by atomic mass is 10.1. The molecular formula is C9H12F3NO. The Morgan fingerprint density at radius 1 is 1.43 bits per heavy atom. The molecule has 2 nitrogen and oxygen atoms in total. The van der Waals surface area contributed by atoms with Crippen LogP contribution < -0.4 is 0 Å². The van der Waals surface area contributed by atoms with Crippen LogP contribution in [0.25, 0.3) is 0 Å². The average Bonchev–Trinajstić information content (AvgIpc) is 2.28. The van der Waals surface area contributed by atoms with Crippen LogP contribution in [-0.4, -0.2) is 22.4 Å². The van der Waals surface area contributed by atoms with E-state index in [-0.39, 0.29) is 6.42 Å². The van der Waals surface area contributed by atoms with Crippen LogP contribution in [0, 0.1) is 13.8 Å². The lowest BCUT2D eigenvalue weighted by Gasteiger charge is -2.13. The van der Waals surface area contributed by atoms with Gasteiger partial charge in [0, 0.05) is 17.8 Å². The summed E-state index contributed by atoms with van der Waals surface area (Å²) in [5.74, 6) is 0. The van der Waals surface area contributed by atoms with Gasteiger partial charge in [0.05, 0.1) is 0 Å². The number of halogens is 3. The second-order valence-electron chi connectivity index (χ2n) is 3.36. The van der Waals surface area contributed by atoms with Gasteiger partial charge in [0.25, 0.3) is 0 Å².